The van der Waals surface area contributed by atoms with Gasteiger partial charge in [0, 0.05) is 34.8 Å². The molecule has 2 aromatic heterocycles. The summed E-state index contributed by atoms with van der Waals surface area (Å²) in [6.45, 7) is 9.29. The van der Waals surface area contributed by atoms with Gasteiger partial charge in [0.1, 0.15) is 12.4 Å². The minimum Gasteiger partial charge on any atom is -0.487 e. The third-order valence-corrected chi connectivity index (χ3v) is 7.05. The number of aryl methyl sites for hydroxylation is 1. The second-order valence-corrected chi connectivity index (χ2v) is 10.9. The number of fused-ring (bicyclic) bond motifs is 2. The average molecular weight is 498 g/mol. The topological polar surface area (TPSA) is 38.2 Å². The zero-order valence-corrected chi connectivity index (χ0v) is 22.3. The van der Waals surface area contributed by atoms with Crippen molar-refractivity contribution in [3.63, 3.8) is 0 Å². The van der Waals surface area contributed by atoms with Crippen LogP contribution in [0.4, 0.5) is 17.1 Å². The minimum atomic E-state index is 0.0434. The van der Waals surface area contributed by atoms with Crippen molar-refractivity contribution in [2.45, 2.75) is 39.7 Å². The third kappa shape index (κ3) is 4.54. The SMILES string of the molecule is Cc1ccnc(-c2cccc(N3c4ccccc4COc4ccc(-c5cc(C(C)(C)C)ccn5)cc43)c2)c1. The van der Waals surface area contributed by atoms with Crippen LogP contribution in [0.25, 0.3) is 22.5 Å². The maximum Gasteiger partial charge on any atom is 0.143 e. The van der Waals surface area contributed by atoms with Crippen LogP contribution in [0, 0.1) is 6.92 Å². The molecule has 4 nitrogen and oxygen atoms in total. The van der Waals surface area contributed by atoms with Gasteiger partial charge in [0.25, 0.3) is 0 Å². The van der Waals surface area contributed by atoms with E-state index in [9.17, 15) is 0 Å². The number of aromatic nitrogens is 2. The van der Waals surface area contributed by atoms with Gasteiger partial charge < -0.3 is 9.64 Å². The molecule has 4 heteroatoms. The molecule has 38 heavy (non-hydrogen) atoms. The molecule has 0 bridgehead atoms. The first-order valence-corrected chi connectivity index (χ1v) is 13.0. The Morgan fingerprint density at radius 1 is 0.711 bits per heavy atom. The van der Waals surface area contributed by atoms with Gasteiger partial charge >= 0.3 is 0 Å². The Morgan fingerprint density at radius 2 is 1.47 bits per heavy atom. The molecule has 0 fully saturated rings. The van der Waals surface area contributed by atoms with Gasteiger partial charge in [-0.3, -0.25) is 9.97 Å². The molecule has 0 aliphatic carbocycles. The molecule has 3 heterocycles. The lowest BCUT2D eigenvalue weighted by atomic mass is 9.87. The van der Waals surface area contributed by atoms with Gasteiger partial charge in [-0.2, -0.15) is 0 Å². The summed E-state index contributed by atoms with van der Waals surface area (Å²) >= 11 is 0. The summed E-state index contributed by atoms with van der Waals surface area (Å²) in [6, 6.07) is 31.8. The molecule has 0 saturated heterocycles. The molecule has 1 aliphatic rings. The fourth-order valence-electron chi connectivity index (χ4n) is 4.94. The second kappa shape index (κ2) is 9.46. The van der Waals surface area contributed by atoms with Crippen LogP contribution in [-0.2, 0) is 12.0 Å². The standard InChI is InChI=1S/C34H31N3O/c1-23-14-16-35-29(18-23)24-9-7-10-28(19-24)37-31-11-6-5-8-26(31)22-38-33-13-12-25(20-32(33)37)30-21-27(15-17-36-30)34(2,3)4/h5-21H,22H2,1-4H3. The highest BCUT2D eigenvalue weighted by Crippen LogP contribution is 2.46. The largest absolute Gasteiger partial charge is 0.487 e. The molecule has 0 saturated carbocycles. The van der Waals surface area contributed by atoms with Crippen molar-refractivity contribution in [3.05, 3.63) is 120 Å². The molecule has 0 atom stereocenters. The Bertz CT molecular complexity index is 1630. The van der Waals surface area contributed by atoms with Crippen molar-refractivity contribution in [2.24, 2.45) is 0 Å². The second-order valence-electron chi connectivity index (χ2n) is 10.9. The van der Waals surface area contributed by atoms with Gasteiger partial charge in [0.2, 0.25) is 0 Å². The lowest BCUT2D eigenvalue weighted by Gasteiger charge is -2.27. The maximum absolute atomic E-state index is 6.35. The molecule has 1 aliphatic heterocycles. The van der Waals surface area contributed by atoms with E-state index < -0.39 is 0 Å². The number of benzene rings is 3. The highest BCUT2D eigenvalue weighted by atomic mass is 16.5. The monoisotopic (exact) mass is 497 g/mol. The zero-order valence-electron chi connectivity index (χ0n) is 22.3. The van der Waals surface area contributed by atoms with E-state index in [0.717, 1.165) is 50.9 Å². The number of ether oxygens (including phenoxy) is 1. The van der Waals surface area contributed by atoms with E-state index in [4.69, 9.17) is 9.72 Å². The minimum absolute atomic E-state index is 0.0434. The van der Waals surface area contributed by atoms with Crippen LogP contribution in [0.2, 0.25) is 0 Å². The van der Waals surface area contributed by atoms with Gasteiger partial charge in [-0.05, 0) is 84.1 Å². The molecule has 0 amide bonds. The lowest BCUT2D eigenvalue weighted by molar-refractivity contribution is 0.310. The Morgan fingerprint density at radius 3 is 2.29 bits per heavy atom. The van der Waals surface area contributed by atoms with Crippen molar-refractivity contribution in [1.29, 1.82) is 0 Å². The van der Waals surface area contributed by atoms with E-state index in [2.05, 4.69) is 123 Å². The fraction of sp³-hybridized carbons (Fsp3) is 0.176. The first-order chi connectivity index (χ1) is 18.4. The van der Waals surface area contributed by atoms with Gasteiger partial charge in [-0.1, -0.05) is 51.1 Å². The van der Waals surface area contributed by atoms with Crippen LogP contribution in [0.3, 0.4) is 0 Å². The van der Waals surface area contributed by atoms with Crippen molar-refractivity contribution in [2.75, 3.05) is 4.90 Å². The molecule has 6 rings (SSSR count). The summed E-state index contributed by atoms with van der Waals surface area (Å²) < 4.78 is 6.35. The quantitative estimate of drug-likeness (QED) is 0.250. The number of hydrogen-bond donors (Lipinski definition) is 0. The third-order valence-electron chi connectivity index (χ3n) is 7.05. The summed E-state index contributed by atoms with van der Waals surface area (Å²) in [5.74, 6) is 0.844. The first-order valence-electron chi connectivity index (χ1n) is 13.0. The molecular weight excluding hydrogens is 466 g/mol. The van der Waals surface area contributed by atoms with Gasteiger partial charge in [0.05, 0.1) is 22.8 Å². The molecular formula is C34H31N3O. The summed E-state index contributed by atoms with van der Waals surface area (Å²) in [6.07, 6.45) is 3.77. The van der Waals surface area contributed by atoms with Crippen LogP contribution in [0.5, 0.6) is 5.75 Å². The van der Waals surface area contributed by atoms with E-state index in [0.29, 0.717) is 6.61 Å². The van der Waals surface area contributed by atoms with Crippen LogP contribution >= 0.6 is 0 Å². The van der Waals surface area contributed by atoms with E-state index >= 15 is 0 Å². The number of nitrogens with zero attached hydrogens (tertiary/aromatic N) is 3. The van der Waals surface area contributed by atoms with Crippen LogP contribution in [0.15, 0.2) is 103 Å². The Balaban J connectivity index is 1.53. The van der Waals surface area contributed by atoms with Crippen LogP contribution in [-0.4, -0.2) is 9.97 Å². The van der Waals surface area contributed by atoms with E-state index in [-0.39, 0.29) is 5.41 Å². The number of para-hydroxylation sites is 1. The van der Waals surface area contributed by atoms with Crippen LogP contribution in [0.1, 0.15) is 37.5 Å². The molecule has 0 spiro atoms. The maximum atomic E-state index is 6.35. The molecule has 188 valence electrons. The summed E-state index contributed by atoms with van der Waals surface area (Å²) in [4.78, 5) is 11.7. The summed E-state index contributed by atoms with van der Waals surface area (Å²) in [7, 11) is 0. The Hall–Kier alpha value is -4.44. The predicted octanol–water partition coefficient (Wildman–Crippen LogP) is 8.78. The molecule has 5 aromatic rings. The van der Waals surface area contributed by atoms with Crippen LogP contribution < -0.4 is 9.64 Å². The smallest absolute Gasteiger partial charge is 0.143 e. The molecule has 3 aromatic carbocycles. The van der Waals surface area contributed by atoms with Gasteiger partial charge in [0.15, 0.2) is 0 Å². The predicted molar refractivity (Wildman–Crippen MR) is 155 cm³/mol. The zero-order chi connectivity index (χ0) is 26.3. The average Bonchev–Trinajstić information content (AvgIpc) is 3.09. The molecule has 0 unspecified atom stereocenters. The first kappa shape index (κ1) is 23.9. The van der Waals surface area contributed by atoms with E-state index in [1.54, 1.807) is 0 Å². The fourth-order valence-corrected chi connectivity index (χ4v) is 4.94. The highest BCUT2D eigenvalue weighted by molar-refractivity contribution is 5.86. The number of pyridine rings is 2. The number of rotatable bonds is 3. The number of hydrogen-bond acceptors (Lipinski definition) is 4. The van der Waals surface area contributed by atoms with Gasteiger partial charge in [-0.25, -0.2) is 0 Å². The molecule has 0 radical (unpaired) electrons. The normalized spacial score (nSPS) is 12.8. The highest BCUT2D eigenvalue weighted by Gasteiger charge is 2.24. The van der Waals surface area contributed by atoms with Crippen molar-refractivity contribution < 1.29 is 4.74 Å². The molecule has 0 N–H and O–H groups in total. The Kier molecular flexibility index (Phi) is 5.96. The summed E-state index contributed by atoms with van der Waals surface area (Å²) in [5, 5.41) is 0. The van der Waals surface area contributed by atoms with Crippen molar-refractivity contribution in [3.8, 4) is 28.3 Å². The number of anilines is 3. The van der Waals surface area contributed by atoms with Crippen molar-refractivity contribution >= 4 is 17.1 Å². The van der Waals surface area contributed by atoms with Crippen molar-refractivity contribution in [1.82, 2.24) is 9.97 Å². The lowest BCUT2D eigenvalue weighted by Crippen LogP contribution is -2.12. The summed E-state index contributed by atoms with van der Waals surface area (Å²) in [5.41, 5.74) is 10.8. The van der Waals surface area contributed by atoms with E-state index in [1.165, 1.54) is 11.1 Å². The Labute approximate surface area is 224 Å². The van der Waals surface area contributed by atoms with E-state index in [1.807, 2.05) is 18.5 Å². The van der Waals surface area contributed by atoms with Gasteiger partial charge in [-0.15, -0.1) is 0 Å².